The van der Waals surface area contributed by atoms with E-state index in [-0.39, 0.29) is 24.3 Å². The fourth-order valence-corrected chi connectivity index (χ4v) is 4.55. The molecule has 32 heavy (non-hydrogen) atoms. The predicted octanol–water partition coefficient (Wildman–Crippen LogP) is 2.34. The van der Waals surface area contributed by atoms with Crippen LogP contribution in [0.5, 0.6) is 0 Å². The Balaban J connectivity index is 1.63. The molecule has 3 aromatic rings. The summed E-state index contributed by atoms with van der Waals surface area (Å²) in [5.41, 5.74) is 2.52. The van der Waals surface area contributed by atoms with E-state index in [1.165, 1.54) is 0 Å². The fourth-order valence-electron chi connectivity index (χ4n) is 4.55. The monoisotopic (exact) mass is 440 g/mol. The molecule has 0 spiro atoms. The molecule has 1 aromatic carbocycles. The van der Waals surface area contributed by atoms with Gasteiger partial charge in [0.05, 0.1) is 24.2 Å². The van der Waals surface area contributed by atoms with Crippen LogP contribution in [0.25, 0.3) is 10.9 Å². The first-order valence-corrected chi connectivity index (χ1v) is 11.4. The molecule has 9 nitrogen and oxygen atoms in total. The molecule has 0 amide bonds. The zero-order valence-corrected chi connectivity index (χ0v) is 18.8. The molecule has 2 aromatic heterocycles. The predicted molar refractivity (Wildman–Crippen MR) is 121 cm³/mol. The quantitative estimate of drug-likeness (QED) is 0.498. The number of aliphatic hydroxyl groups is 1. The van der Waals surface area contributed by atoms with Crippen LogP contribution in [0.4, 0.5) is 0 Å². The molecular weight excluding hydrogens is 408 g/mol. The smallest absolute Gasteiger partial charge is 0.252 e. The minimum Gasteiger partial charge on any atom is -0.396 e. The SMILES string of the molecule is CC[C@H](c1nnnn1C[C@H]1CCCO1)N(CCCO)Cc1cc2cccc(C)c2[nH]c1=O. The van der Waals surface area contributed by atoms with Crippen LogP contribution in [0.15, 0.2) is 29.1 Å². The van der Waals surface area contributed by atoms with Gasteiger partial charge in [-0.3, -0.25) is 9.69 Å². The first-order chi connectivity index (χ1) is 15.6. The number of para-hydroxylation sites is 1. The minimum atomic E-state index is -0.0883. The van der Waals surface area contributed by atoms with Gasteiger partial charge in [-0.05, 0) is 60.0 Å². The number of ether oxygens (including phenoxy) is 1. The summed E-state index contributed by atoms with van der Waals surface area (Å²) in [7, 11) is 0. The molecule has 3 heterocycles. The van der Waals surface area contributed by atoms with Crippen molar-refractivity contribution >= 4 is 10.9 Å². The normalized spacial score (nSPS) is 17.4. The van der Waals surface area contributed by atoms with Gasteiger partial charge in [0.2, 0.25) is 0 Å². The third-order valence-electron chi connectivity index (χ3n) is 6.23. The summed E-state index contributed by atoms with van der Waals surface area (Å²) in [4.78, 5) is 18.1. The molecule has 0 saturated carbocycles. The highest BCUT2D eigenvalue weighted by molar-refractivity contribution is 5.81. The second kappa shape index (κ2) is 10.3. The maximum Gasteiger partial charge on any atom is 0.252 e. The van der Waals surface area contributed by atoms with Gasteiger partial charge in [-0.25, -0.2) is 4.68 Å². The number of H-pyrrole nitrogens is 1. The van der Waals surface area contributed by atoms with E-state index < -0.39 is 0 Å². The number of rotatable bonds is 10. The summed E-state index contributed by atoms with van der Waals surface area (Å²) in [6.45, 7) is 6.66. The van der Waals surface area contributed by atoms with Crippen molar-refractivity contribution in [3.8, 4) is 0 Å². The number of hydrogen-bond donors (Lipinski definition) is 2. The number of fused-ring (bicyclic) bond motifs is 1. The molecule has 9 heteroatoms. The number of aromatic nitrogens is 5. The van der Waals surface area contributed by atoms with Gasteiger partial charge in [0.25, 0.3) is 5.56 Å². The highest BCUT2D eigenvalue weighted by Crippen LogP contribution is 2.26. The number of tetrazole rings is 1. The molecule has 1 aliphatic heterocycles. The largest absolute Gasteiger partial charge is 0.396 e. The van der Waals surface area contributed by atoms with Crippen LogP contribution in [-0.2, 0) is 17.8 Å². The minimum absolute atomic E-state index is 0.0782. The van der Waals surface area contributed by atoms with Crippen molar-refractivity contribution in [3.63, 3.8) is 0 Å². The zero-order chi connectivity index (χ0) is 22.5. The first kappa shape index (κ1) is 22.6. The molecule has 0 bridgehead atoms. The number of aryl methyl sites for hydroxylation is 1. The summed E-state index contributed by atoms with van der Waals surface area (Å²) >= 11 is 0. The van der Waals surface area contributed by atoms with Crippen LogP contribution in [-0.4, -0.2) is 61.1 Å². The molecule has 0 radical (unpaired) electrons. The van der Waals surface area contributed by atoms with Gasteiger partial charge >= 0.3 is 0 Å². The third kappa shape index (κ3) is 4.90. The van der Waals surface area contributed by atoms with Gasteiger partial charge < -0.3 is 14.8 Å². The van der Waals surface area contributed by atoms with Crippen LogP contribution >= 0.6 is 0 Å². The summed E-state index contributed by atoms with van der Waals surface area (Å²) in [6.07, 6.45) is 3.59. The number of hydrogen-bond acceptors (Lipinski definition) is 7. The lowest BCUT2D eigenvalue weighted by Crippen LogP contribution is -2.34. The highest BCUT2D eigenvalue weighted by Gasteiger charge is 2.27. The van der Waals surface area contributed by atoms with E-state index in [9.17, 15) is 9.90 Å². The Hall–Kier alpha value is -2.62. The number of nitrogens with one attached hydrogen (secondary N) is 1. The van der Waals surface area contributed by atoms with E-state index in [2.05, 4.69) is 32.3 Å². The number of benzene rings is 1. The summed E-state index contributed by atoms with van der Waals surface area (Å²) < 4.78 is 7.61. The van der Waals surface area contributed by atoms with Crippen LogP contribution in [0.3, 0.4) is 0 Å². The van der Waals surface area contributed by atoms with E-state index in [1.54, 1.807) is 0 Å². The number of pyridine rings is 1. The lowest BCUT2D eigenvalue weighted by molar-refractivity contribution is 0.0888. The van der Waals surface area contributed by atoms with Crippen LogP contribution in [0.1, 0.15) is 55.6 Å². The molecule has 1 aliphatic rings. The van der Waals surface area contributed by atoms with E-state index >= 15 is 0 Å². The van der Waals surface area contributed by atoms with Crippen molar-refractivity contribution in [2.24, 2.45) is 0 Å². The van der Waals surface area contributed by atoms with E-state index in [4.69, 9.17) is 4.74 Å². The number of nitrogens with zero attached hydrogens (tertiary/aromatic N) is 5. The van der Waals surface area contributed by atoms with Gasteiger partial charge in [0.15, 0.2) is 5.82 Å². The average Bonchev–Trinajstić information content (AvgIpc) is 3.46. The van der Waals surface area contributed by atoms with Gasteiger partial charge in [0.1, 0.15) is 0 Å². The summed E-state index contributed by atoms with van der Waals surface area (Å²) in [6, 6.07) is 7.89. The Kier molecular flexibility index (Phi) is 7.29. The van der Waals surface area contributed by atoms with Crippen LogP contribution < -0.4 is 5.56 Å². The second-order valence-corrected chi connectivity index (χ2v) is 8.49. The van der Waals surface area contributed by atoms with Crippen molar-refractivity contribution in [2.75, 3.05) is 19.8 Å². The van der Waals surface area contributed by atoms with Gasteiger partial charge in [-0.2, -0.15) is 0 Å². The molecule has 0 unspecified atom stereocenters. The molecule has 0 aliphatic carbocycles. The average molecular weight is 441 g/mol. The Morgan fingerprint density at radius 3 is 3.03 bits per heavy atom. The fraction of sp³-hybridized carbons (Fsp3) is 0.565. The van der Waals surface area contributed by atoms with Crippen molar-refractivity contribution in [1.82, 2.24) is 30.1 Å². The summed E-state index contributed by atoms with van der Waals surface area (Å²) in [5, 5.41) is 23.0. The van der Waals surface area contributed by atoms with Gasteiger partial charge in [-0.15, -0.1) is 5.10 Å². The van der Waals surface area contributed by atoms with Crippen molar-refractivity contribution in [3.05, 3.63) is 51.6 Å². The first-order valence-electron chi connectivity index (χ1n) is 11.4. The van der Waals surface area contributed by atoms with E-state index in [0.717, 1.165) is 48.2 Å². The maximum absolute atomic E-state index is 12.9. The van der Waals surface area contributed by atoms with Crippen LogP contribution in [0.2, 0.25) is 0 Å². The molecular formula is C23H32N6O3. The highest BCUT2D eigenvalue weighted by atomic mass is 16.5. The van der Waals surface area contributed by atoms with Crippen LogP contribution in [0, 0.1) is 6.92 Å². The van der Waals surface area contributed by atoms with E-state index in [0.29, 0.717) is 31.6 Å². The van der Waals surface area contributed by atoms with Crippen molar-refractivity contribution in [2.45, 2.75) is 64.8 Å². The third-order valence-corrected chi connectivity index (χ3v) is 6.23. The Morgan fingerprint density at radius 2 is 2.28 bits per heavy atom. The standard InChI is InChI=1S/C23H32N6O3/c1-3-20(22-25-26-27-29(22)15-19-9-5-12-32-19)28(10-6-11-30)14-18-13-17-8-4-7-16(2)21(17)24-23(18)31/h4,7-8,13,19-20,30H,3,5-6,9-12,14-15H2,1-2H3,(H,24,31)/t19-,20-/m1/s1. The lowest BCUT2D eigenvalue weighted by atomic mass is 10.1. The lowest BCUT2D eigenvalue weighted by Gasteiger charge is -2.30. The molecule has 4 rings (SSSR count). The molecule has 2 N–H and O–H groups in total. The topological polar surface area (TPSA) is 109 Å². The summed E-state index contributed by atoms with van der Waals surface area (Å²) in [5.74, 6) is 0.772. The van der Waals surface area contributed by atoms with Crippen molar-refractivity contribution < 1.29 is 9.84 Å². The zero-order valence-electron chi connectivity index (χ0n) is 18.8. The molecule has 1 saturated heterocycles. The molecule has 172 valence electrons. The van der Waals surface area contributed by atoms with E-state index in [1.807, 2.05) is 35.9 Å². The Bertz CT molecular complexity index is 1090. The maximum atomic E-state index is 12.9. The van der Waals surface area contributed by atoms with Crippen molar-refractivity contribution in [1.29, 1.82) is 0 Å². The van der Waals surface area contributed by atoms with Gasteiger partial charge in [0, 0.05) is 31.9 Å². The number of aromatic amines is 1. The van der Waals surface area contributed by atoms with Gasteiger partial charge in [-0.1, -0.05) is 25.1 Å². The Labute approximate surface area is 187 Å². The second-order valence-electron chi connectivity index (χ2n) is 8.49. The molecule has 1 fully saturated rings. The molecule has 2 atom stereocenters. The Morgan fingerprint density at radius 1 is 1.41 bits per heavy atom. The number of aliphatic hydroxyl groups excluding tert-OH is 1.